The van der Waals surface area contributed by atoms with Crippen molar-refractivity contribution in [3.63, 3.8) is 0 Å². The van der Waals surface area contributed by atoms with Crippen molar-refractivity contribution in [2.75, 3.05) is 5.32 Å². The summed E-state index contributed by atoms with van der Waals surface area (Å²) in [6.07, 6.45) is 1.77. The van der Waals surface area contributed by atoms with Gasteiger partial charge < -0.3 is 5.32 Å². The molecule has 0 bridgehead atoms. The molecule has 0 saturated heterocycles. The molecule has 2 heterocycles. The number of aromatic nitrogens is 2. The summed E-state index contributed by atoms with van der Waals surface area (Å²) in [5.74, 6) is 0.568. The Morgan fingerprint density at radius 1 is 1.14 bits per heavy atom. The molecule has 3 nitrogen and oxygen atoms in total. The van der Waals surface area contributed by atoms with Crippen molar-refractivity contribution in [3.05, 3.63) is 57.4 Å². The Labute approximate surface area is 132 Å². The van der Waals surface area contributed by atoms with Crippen LogP contribution < -0.4 is 5.32 Å². The normalized spacial score (nSPS) is 10.6. The maximum absolute atomic E-state index is 5.98. The van der Waals surface area contributed by atoms with E-state index in [9.17, 15) is 0 Å². The minimum absolute atomic E-state index is 0.568. The SMILES string of the molecule is Cc1cc(-c2ccnc(Nc3cccc(Cl)c3)n2)c(C)s1. The smallest absolute Gasteiger partial charge is 0.227 e. The zero-order valence-corrected chi connectivity index (χ0v) is 13.3. The van der Waals surface area contributed by atoms with Gasteiger partial charge >= 0.3 is 0 Å². The standard InChI is InChI=1S/C16H14ClN3S/c1-10-8-14(11(2)21-10)15-6-7-18-16(20-15)19-13-5-3-4-12(17)9-13/h3-9H,1-2H3,(H,18,19,20). The quantitative estimate of drug-likeness (QED) is 0.720. The molecular formula is C16H14ClN3S. The lowest BCUT2D eigenvalue weighted by molar-refractivity contribution is 1.17. The van der Waals surface area contributed by atoms with E-state index in [-0.39, 0.29) is 0 Å². The molecule has 1 aromatic carbocycles. The maximum Gasteiger partial charge on any atom is 0.227 e. The fraction of sp³-hybridized carbons (Fsp3) is 0.125. The monoisotopic (exact) mass is 315 g/mol. The average molecular weight is 316 g/mol. The summed E-state index contributed by atoms with van der Waals surface area (Å²) in [5, 5.41) is 3.86. The summed E-state index contributed by atoms with van der Waals surface area (Å²) in [7, 11) is 0. The first kappa shape index (κ1) is 14.0. The highest BCUT2D eigenvalue weighted by molar-refractivity contribution is 7.12. The number of benzene rings is 1. The lowest BCUT2D eigenvalue weighted by Crippen LogP contribution is -1.97. The van der Waals surface area contributed by atoms with Crippen molar-refractivity contribution in [1.29, 1.82) is 0 Å². The van der Waals surface area contributed by atoms with Crippen molar-refractivity contribution in [1.82, 2.24) is 9.97 Å². The summed E-state index contributed by atoms with van der Waals surface area (Å²) in [4.78, 5) is 11.4. The van der Waals surface area contributed by atoms with Crippen LogP contribution in [0.1, 0.15) is 9.75 Å². The van der Waals surface area contributed by atoms with Crippen LogP contribution in [0.15, 0.2) is 42.6 Å². The van der Waals surface area contributed by atoms with E-state index in [0.29, 0.717) is 11.0 Å². The third-order valence-electron chi connectivity index (χ3n) is 3.05. The lowest BCUT2D eigenvalue weighted by atomic mass is 10.2. The highest BCUT2D eigenvalue weighted by Gasteiger charge is 2.08. The molecule has 0 fully saturated rings. The third kappa shape index (κ3) is 3.23. The van der Waals surface area contributed by atoms with Gasteiger partial charge in [0.25, 0.3) is 0 Å². The Morgan fingerprint density at radius 3 is 2.71 bits per heavy atom. The number of hydrogen-bond acceptors (Lipinski definition) is 4. The second kappa shape index (κ2) is 5.84. The van der Waals surface area contributed by atoms with Gasteiger partial charge in [0.1, 0.15) is 0 Å². The van der Waals surface area contributed by atoms with E-state index < -0.39 is 0 Å². The van der Waals surface area contributed by atoms with E-state index in [0.717, 1.165) is 16.9 Å². The van der Waals surface area contributed by atoms with Crippen LogP contribution >= 0.6 is 22.9 Å². The van der Waals surface area contributed by atoms with Crippen LogP contribution in [0.3, 0.4) is 0 Å². The van der Waals surface area contributed by atoms with Crippen LogP contribution in [0.4, 0.5) is 11.6 Å². The van der Waals surface area contributed by atoms with Crippen molar-refractivity contribution >= 4 is 34.6 Å². The van der Waals surface area contributed by atoms with Crippen LogP contribution in [0.25, 0.3) is 11.3 Å². The third-order valence-corrected chi connectivity index (χ3v) is 4.25. The molecule has 0 unspecified atom stereocenters. The first-order chi connectivity index (χ1) is 10.1. The largest absolute Gasteiger partial charge is 0.324 e. The van der Waals surface area contributed by atoms with Crippen LogP contribution in [0, 0.1) is 13.8 Å². The number of nitrogens with one attached hydrogen (secondary N) is 1. The number of aryl methyl sites for hydroxylation is 2. The molecule has 0 aliphatic heterocycles. The predicted molar refractivity (Wildman–Crippen MR) is 89.6 cm³/mol. The van der Waals surface area contributed by atoms with E-state index in [1.807, 2.05) is 30.3 Å². The Hall–Kier alpha value is -1.91. The molecule has 106 valence electrons. The van der Waals surface area contributed by atoms with Crippen LogP contribution in [-0.2, 0) is 0 Å². The summed E-state index contributed by atoms with van der Waals surface area (Å²) < 4.78 is 0. The van der Waals surface area contributed by atoms with Gasteiger partial charge in [-0.3, -0.25) is 0 Å². The highest BCUT2D eigenvalue weighted by Crippen LogP contribution is 2.29. The van der Waals surface area contributed by atoms with Gasteiger partial charge in [0.05, 0.1) is 5.69 Å². The zero-order valence-electron chi connectivity index (χ0n) is 11.7. The van der Waals surface area contributed by atoms with E-state index >= 15 is 0 Å². The first-order valence-electron chi connectivity index (χ1n) is 6.55. The number of rotatable bonds is 3. The van der Waals surface area contributed by atoms with Gasteiger partial charge in [0.15, 0.2) is 0 Å². The number of halogens is 1. The molecule has 0 saturated carbocycles. The fourth-order valence-corrected chi connectivity index (χ4v) is 3.27. The van der Waals surface area contributed by atoms with Gasteiger partial charge in [-0.2, -0.15) is 0 Å². The van der Waals surface area contributed by atoms with Gasteiger partial charge in [-0.1, -0.05) is 17.7 Å². The van der Waals surface area contributed by atoms with Gasteiger partial charge in [0, 0.05) is 32.2 Å². The van der Waals surface area contributed by atoms with Gasteiger partial charge in [-0.25, -0.2) is 9.97 Å². The zero-order chi connectivity index (χ0) is 14.8. The second-order valence-corrected chi connectivity index (χ2v) is 6.62. The van der Waals surface area contributed by atoms with Crippen LogP contribution in [0.5, 0.6) is 0 Å². The number of hydrogen-bond donors (Lipinski definition) is 1. The van der Waals surface area contributed by atoms with E-state index in [4.69, 9.17) is 11.6 Å². The molecule has 0 atom stereocenters. The topological polar surface area (TPSA) is 37.8 Å². The molecule has 3 aromatic rings. The summed E-state index contributed by atoms with van der Waals surface area (Å²) >= 11 is 7.76. The molecular weight excluding hydrogens is 302 g/mol. The Balaban J connectivity index is 1.92. The Morgan fingerprint density at radius 2 is 2.00 bits per heavy atom. The molecule has 0 amide bonds. The van der Waals surface area contributed by atoms with Gasteiger partial charge in [-0.15, -0.1) is 11.3 Å². The van der Waals surface area contributed by atoms with Gasteiger partial charge in [0.2, 0.25) is 5.95 Å². The fourth-order valence-electron chi connectivity index (χ4n) is 2.15. The molecule has 1 N–H and O–H groups in total. The Kier molecular flexibility index (Phi) is 3.90. The lowest BCUT2D eigenvalue weighted by Gasteiger charge is -2.06. The highest BCUT2D eigenvalue weighted by atomic mass is 35.5. The Bertz CT molecular complexity index is 783. The van der Waals surface area contributed by atoms with Crippen molar-refractivity contribution in [2.24, 2.45) is 0 Å². The van der Waals surface area contributed by atoms with E-state index in [2.05, 4.69) is 35.2 Å². The second-order valence-electron chi connectivity index (χ2n) is 4.73. The molecule has 3 rings (SSSR count). The molecule has 21 heavy (non-hydrogen) atoms. The van der Waals surface area contributed by atoms with E-state index in [1.165, 1.54) is 9.75 Å². The molecule has 0 radical (unpaired) electrons. The molecule has 2 aromatic heterocycles. The maximum atomic E-state index is 5.98. The van der Waals surface area contributed by atoms with Crippen molar-refractivity contribution in [2.45, 2.75) is 13.8 Å². The molecule has 0 spiro atoms. The molecule has 5 heteroatoms. The minimum Gasteiger partial charge on any atom is -0.324 e. The van der Waals surface area contributed by atoms with Crippen LogP contribution in [-0.4, -0.2) is 9.97 Å². The van der Waals surface area contributed by atoms with E-state index in [1.54, 1.807) is 17.5 Å². The van der Waals surface area contributed by atoms with Crippen molar-refractivity contribution in [3.8, 4) is 11.3 Å². The predicted octanol–water partition coefficient (Wildman–Crippen LogP) is 5.22. The number of anilines is 2. The van der Waals surface area contributed by atoms with Crippen LogP contribution in [0.2, 0.25) is 5.02 Å². The number of nitrogens with zero attached hydrogens (tertiary/aromatic N) is 2. The van der Waals surface area contributed by atoms with Gasteiger partial charge in [-0.05, 0) is 44.2 Å². The first-order valence-corrected chi connectivity index (χ1v) is 7.74. The molecule has 0 aliphatic rings. The van der Waals surface area contributed by atoms with Crippen molar-refractivity contribution < 1.29 is 0 Å². The summed E-state index contributed by atoms with van der Waals surface area (Å²) in [5.41, 5.74) is 2.96. The minimum atomic E-state index is 0.568. The average Bonchev–Trinajstić information content (AvgIpc) is 2.78. The summed E-state index contributed by atoms with van der Waals surface area (Å²) in [6, 6.07) is 11.6. The molecule has 0 aliphatic carbocycles. The summed E-state index contributed by atoms with van der Waals surface area (Å²) in [6.45, 7) is 4.21. The number of thiophene rings is 1.